The van der Waals surface area contributed by atoms with Gasteiger partial charge < -0.3 is 5.11 Å². The van der Waals surface area contributed by atoms with Gasteiger partial charge in [-0.2, -0.15) is 9.65 Å². The highest BCUT2D eigenvalue weighted by atomic mass is 19.1. The fourth-order valence-corrected chi connectivity index (χ4v) is 0.906. The van der Waals surface area contributed by atoms with Gasteiger partial charge in [0.25, 0.3) is 0 Å². The van der Waals surface area contributed by atoms with Crippen LogP contribution in [0.2, 0.25) is 0 Å². The SMILES string of the molecule is N#Cc1cccc(/C=C(\F)C(=O)O)c1. The Balaban J connectivity index is 3.04. The first kappa shape index (κ1) is 9.93. The van der Waals surface area contributed by atoms with Gasteiger partial charge >= 0.3 is 5.97 Å². The molecule has 0 aliphatic rings. The third kappa shape index (κ3) is 2.42. The maximum atomic E-state index is 12.6. The van der Waals surface area contributed by atoms with E-state index >= 15 is 0 Å². The summed E-state index contributed by atoms with van der Waals surface area (Å²) in [4.78, 5) is 10.1. The summed E-state index contributed by atoms with van der Waals surface area (Å²) in [6.45, 7) is 0. The maximum Gasteiger partial charge on any atom is 0.364 e. The van der Waals surface area contributed by atoms with Gasteiger partial charge in [0.1, 0.15) is 0 Å². The molecule has 4 heteroatoms. The molecule has 1 rings (SSSR count). The Hall–Kier alpha value is -2.15. The summed E-state index contributed by atoms with van der Waals surface area (Å²) in [7, 11) is 0. The maximum absolute atomic E-state index is 12.6. The first-order valence-corrected chi connectivity index (χ1v) is 3.74. The van der Waals surface area contributed by atoms with E-state index in [-0.39, 0.29) is 0 Å². The molecule has 0 bridgehead atoms. The number of carboxylic acid groups (broad SMARTS) is 1. The summed E-state index contributed by atoms with van der Waals surface area (Å²) in [5.74, 6) is -2.87. The van der Waals surface area contributed by atoms with E-state index in [1.54, 1.807) is 12.1 Å². The van der Waals surface area contributed by atoms with Gasteiger partial charge in [-0.05, 0) is 23.8 Å². The Morgan fingerprint density at radius 2 is 2.29 bits per heavy atom. The molecular formula is C10H6FNO2. The Kier molecular flexibility index (Phi) is 2.97. The predicted molar refractivity (Wildman–Crippen MR) is 47.9 cm³/mol. The van der Waals surface area contributed by atoms with Crippen LogP contribution in [-0.2, 0) is 4.79 Å². The Morgan fingerprint density at radius 1 is 1.57 bits per heavy atom. The number of benzene rings is 1. The number of carbonyl (C=O) groups is 1. The molecule has 3 nitrogen and oxygen atoms in total. The lowest BCUT2D eigenvalue weighted by Gasteiger charge is -1.93. The van der Waals surface area contributed by atoms with Crippen molar-refractivity contribution in [3.8, 4) is 6.07 Å². The van der Waals surface area contributed by atoms with Crippen molar-refractivity contribution in [3.63, 3.8) is 0 Å². The average Bonchev–Trinajstić information content (AvgIpc) is 2.18. The molecule has 0 atom stereocenters. The standard InChI is InChI=1S/C10H6FNO2/c11-9(10(13)14)5-7-2-1-3-8(4-7)6-12/h1-5H,(H,13,14)/b9-5-. The van der Waals surface area contributed by atoms with Gasteiger partial charge in [-0.3, -0.25) is 0 Å². The first-order chi connectivity index (χ1) is 6.63. The molecule has 0 saturated carbocycles. The third-order valence-corrected chi connectivity index (χ3v) is 1.51. The van der Waals surface area contributed by atoms with Crippen LogP contribution in [0.25, 0.3) is 6.08 Å². The molecular weight excluding hydrogens is 185 g/mol. The number of aliphatic carboxylic acids is 1. The lowest BCUT2D eigenvalue weighted by Crippen LogP contribution is -1.94. The van der Waals surface area contributed by atoms with Gasteiger partial charge in [0.05, 0.1) is 11.6 Å². The highest BCUT2D eigenvalue weighted by Gasteiger charge is 2.04. The number of carboxylic acids is 1. The van der Waals surface area contributed by atoms with Crippen LogP contribution < -0.4 is 0 Å². The molecule has 1 aromatic carbocycles. The highest BCUT2D eigenvalue weighted by Crippen LogP contribution is 2.10. The number of halogens is 1. The number of hydrogen-bond acceptors (Lipinski definition) is 2. The lowest BCUT2D eigenvalue weighted by molar-refractivity contribution is -0.134. The van der Waals surface area contributed by atoms with E-state index in [0.717, 1.165) is 6.08 Å². The molecule has 0 aliphatic heterocycles. The zero-order chi connectivity index (χ0) is 10.6. The average molecular weight is 191 g/mol. The minimum Gasteiger partial charge on any atom is -0.476 e. The van der Waals surface area contributed by atoms with E-state index < -0.39 is 11.8 Å². The topological polar surface area (TPSA) is 61.1 Å². The second-order valence-corrected chi connectivity index (χ2v) is 2.53. The molecule has 0 fully saturated rings. The van der Waals surface area contributed by atoms with Crippen molar-refractivity contribution in [1.29, 1.82) is 5.26 Å². The van der Waals surface area contributed by atoms with Crippen LogP contribution in [-0.4, -0.2) is 11.1 Å². The summed E-state index contributed by atoms with van der Waals surface area (Å²) in [5, 5.41) is 16.8. The van der Waals surface area contributed by atoms with Crippen molar-refractivity contribution in [2.45, 2.75) is 0 Å². The van der Waals surface area contributed by atoms with Crippen LogP contribution in [0.5, 0.6) is 0 Å². The zero-order valence-electron chi connectivity index (χ0n) is 7.07. The molecule has 0 spiro atoms. The molecule has 0 heterocycles. The molecule has 1 aromatic rings. The van der Waals surface area contributed by atoms with Crippen molar-refractivity contribution >= 4 is 12.0 Å². The van der Waals surface area contributed by atoms with Crippen LogP contribution in [0.1, 0.15) is 11.1 Å². The fraction of sp³-hybridized carbons (Fsp3) is 0. The van der Waals surface area contributed by atoms with Crippen LogP contribution in [0, 0.1) is 11.3 Å². The monoisotopic (exact) mass is 191 g/mol. The minimum absolute atomic E-state index is 0.351. The number of nitriles is 1. The quantitative estimate of drug-likeness (QED) is 0.726. The molecule has 0 saturated heterocycles. The number of hydrogen-bond donors (Lipinski definition) is 1. The second kappa shape index (κ2) is 4.19. The first-order valence-electron chi connectivity index (χ1n) is 3.74. The van der Waals surface area contributed by atoms with Gasteiger partial charge in [0.15, 0.2) is 0 Å². The zero-order valence-corrected chi connectivity index (χ0v) is 7.07. The van der Waals surface area contributed by atoms with Gasteiger partial charge in [-0.25, -0.2) is 4.79 Å². The molecule has 1 N–H and O–H groups in total. The fourth-order valence-electron chi connectivity index (χ4n) is 0.906. The molecule has 0 unspecified atom stereocenters. The molecule has 0 aromatic heterocycles. The molecule has 70 valence electrons. The van der Waals surface area contributed by atoms with Crippen molar-refractivity contribution in [2.24, 2.45) is 0 Å². The Labute approximate surface area is 79.7 Å². The van der Waals surface area contributed by atoms with Crippen LogP contribution >= 0.6 is 0 Å². The molecule has 0 radical (unpaired) electrons. The Bertz CT molecular complexity index is 432. The lowest BCUT2D eigenvalue weighted by atomic mass is 10.1. The van der Waals surface area contributed by atoms with Crippen molar-refractivity contribution in [2.75, 3.05) is 0 Å². The smallest absolute Gasteiger partial charge is 0.364 e. The highest BCUT2D eigenvalue weighted by molar-refractivity contribution is 5.89. The largest absolute Gasteiger partial charge is 0.476 e. The van der Waals surface area contributed by atoms with Crippen molar-refractivity contribution < 1.29 is 14.3 Å². The van der Waals surface area contributed by atoms with E-state index in [9.17, 15) is 9.18 Å². The van der Waals surface area contributed by atoms with Gasteiger partial charge in [0, 0.05) is 0 Å². The van der Waals surface area contributed by atoms with Crippen LogP contribution in [0.4, 0.5) is 4.39 Å². The minimum atomic E-state index is -1.62. The van der Waals surface area contributed by atoms with E-state index in [0.29, 0.717) is 11.1 Å². The summed E-state index contributed by atoms with van der Waals surface area (Å²) >= 11 is 0. The summed E-state index contributed by atoms with van der Waals surface area (Å²) in [6.07, 6.45) is 0.864. The van der Waals surface area contributed by atoms with Crippen LogP contribution in [0.15, 0.2) is 30.1 Å². The third-order valence-electron chi connectivity index (χ3n) is 1.51. The van der Waals surface area contributed by atoms with Crippen molar-refractivity contribution in [3.05, 3.63) is 41.2 Å². The number of nitrogens with zero attached hydrogens (tertiary/aromatic N) is 1. The van der Waals surface area contributed by atoms with Gasteiger partial charge in [0.2, 0.25) is 5.83 Å². The van der Waals surface area contributed by atoms with Crippen molar-refractivity contribution in [1.82, 2.24) is 0 Å². The van der Waals surface area contributed by atoms with E-state index in [1.165, 1.54) is 12.1 Å². The molecule has 14 heavy (non-hydrogen) atoms. The van der Waals surface area contributed by atoms with Gasteiger partial charge in [-0.15, -0.1) is 0 Å². The summed E-state index contributed by atoms with van der Waals surface area (Å²) in [6, 6.07) is 7.90. The molecule has 0 amide bonds. The predicted octanol–water partition coefficient (Wildman–Crippen LogP) is 1.95. The normalized spacial score (nSPS) is 10.7. The number of rotatable bonds is 2. The summed E-state index contributed by atoms with van der Waals surface area (Å²) in [5.41, 5.74) is 0.709. The molecule has 0 aliphatic carbocycles. The van der Waals surface area contributed by atoms with E-state index in [1.807, 2.05) is 6.07 Å². The summed E-state index contributed by atoms with van der Waals surface area (Å²) < 4.78 is 12.6. The van der Waals surface area contributed by atoms with E-state index in [2.05, 4.69) is 0 Å². The van der Waals surface area contributed by atoms with E-state index in [4.69, 9.17) is 10.4 Å². The van der Waals surface area contributed by atoms with Gasteiger partial charge in [-0.1, -0.05) is 12.1 Å². The second-order valence-electron chi connectivity index (χ2n) is 2.53. The van der Waals surface area contributed by atoms with Crippen LogP contribution in [0.3, 0.4) is 0 Å². The Morgan fingerprint density at radius 3 is 2.86 bits per heavy atom.